The van der Waals surface area contributed by atoms with Crippen LogP contribution in [0.3, 0.4) is 0 Å². The predicted molar refractivity (Wildman–Crippen MR) is 51.3 cm³/mol. The molecule has 0 aliphatic heterocycles. The zero-order valence-corrected chi connectivity index (χ0v) is 7.66. The fourth-order valence-corrected chi connectivity index (χ4v) is 0.959. The summed E-state index contributed by atoms with van der Waals surface area (Å²) in [4.78, 5) is 10.9. The van der Waals surface area contributed by atoms with E-state index < -0.39 is 0 Å². The van der Waals surface area contributed by atoms with E-state index in [1.54, 1.807) is 10.7 Å². The van der Waals surface area contributed by atoms with E-state index in [2.05, 4.69) is 23.9 Å². The van der Waals surface area contributed by atoms with Gasteiger partial charge in [-0.15, -0.1) is 0 Å². The Bertz CT molecular complexity index is 304. The Balaban J connectivity index is 2.58. The molecule has 1 aromatic rings. The minimum absolute atomic E-state index is 0.234. The fourth-order valence-electron chi connectivity index (χ4n) is 0.959. The van der Waals surface area contributed by atoms with Crippen LogP contribution in [0.1, 0.15) is 13.3 Å². The molecule has 0 aliphatic carbocycles. The number of carbonyl (C=O) groups is 1. The van der Waals surface area contributed by atoms with Gasteiger partial charge in [0.05, 0.1) is 0 Å². The van der Waals surface area contributed by atoms with Crippen LogP contribution < -0.4 is 5.32 Å². The Morgan fingerprint density at radius 1 is 1.85 bits per heavy atom. The lowest BCUT2D eigenvalue weighted by Gasteiger charge is -1.97. The van der Waals surface area contributed by atoms with Crippen molar-refractivity contribution in [2.45, 2.75) is 19.9 Å². The van der Waals surface area contributed by atoms with Crippen molar-refractivity contribution < 1.29 is 4.79 Å². The third kappa shape index (κ3) is 2.74. The number of aryl methyl sites for hydroxylation is 1. The number of rotatable bonds is 4. The summed E-state index contributed by atoms with van der Waals surface area (Å²) in [5.41, 5.74) is 0. The lowest BCUT2D eigenvalue weighted by molar-refractivity contribution is -0.111. The molecular formula is C9H13N3O. The quantitative estimate of drug-likeness (QED) is 0.710. The Hall–Kier alpha value is -1.58. The second-order valence-corrected chi connectivity index (χ2v) is 2.66. The van der Waals surface area contributed by atoms with Gasteiger partial charge >= 0.3 is 0 Å². The van der Waals surface area contributed by atoms with E-state index >= 15 is 0 Å². The van der Waals surface area contributed by atoms with Crippen LogP contribution in [0.25, 0.3) is 0 Å². The molecule has 1 rings (SSSR count). The van der Waals surface area contributed by atoms with Crippen LogP contribution in [-0.2, 0) is 11.3 Å². The smallest absolute Gasteiger partial charge is 0.248 e. The molecule has 13 heavy (non-hydrogen) atoms. The first-order valence-corrected chi connectivity index (χ1v) is 4.23. The van der Waals surface area contributed by atoms with Crippen molar-refractivity contribution in [1.29, 1.82) is 0 Å². The number of aromatic nitrogens is 2. The molecule has 0 atom stereocenters. The van der Waals surface area contributed by atoms with Gasteiger partial charge in [-0.1, -0.05) is 13.5 Å². The molecule has 4 heteroatoms. The molecule has 0 fully saturated rings. The average Bonchev–Trinajstić information content (AvgIpc) is 2.53. The van der Waals surface area contributed by atoms with Gasteiger partial charge in [-0.2, -0.15) is 5.10 Å². The maximum atomic E-state index is 10.9. The molecule has 0 saturated carbocycles. The summed E-state index contributed by atoms with van der Waals surface area (Å²) in [5, 5.41) is 6.71. The first-order valence-electron chi connectivity index (χ1n) is 4.23. The van der Waals surface area contributed by atoms with Gasteiger partial charge in [0.2, 0.25) is 5.91 Å². The molecule has 0 bridgehead atoms. The van der Waals surface area contributed by atoms with Crippen LogP contribution in [0.2, 0.25) is 0 Å². The summed E-state index contributed by atoms with van der Waals surface area (Å²) >= 11 is 0. The molecule has 70 valence electrons. The molecule has 0 spiro atoms. The summed E-state index contributed by atoms with van der Waals surface area (Å²) in [6, 6.07) is 1.76. The first kappa shape index (κ1) is 9.51. The monoisotopic (exact) mass is 179 g/mol. The van der Waals surface area contributed by atoms with Crippen molar-refractivity contribution in [2.24, 2.45) is 0 Å². The molecule has 4 nitrogen and oxygen atoms in total. The largest absolute Gasteiger partial charge is 0.306 e. The number of hydrogen-bond donors (Lipinski definition) is 1. The fraction of sp³-hybridized carbons (Fsp3) is 0.333. The average molecular weight is 179 g/mol. The first-order chi connectivity index (χ1) is 6.26. The Labute approximate surface area is 77.3 Å². The predicted octanol–water partition coefficient (Wildman–Crippen LogP) is 1.42. The van der Waals surface area contributed by atoms with E-state index in [9.17, 15) is 4.79 Å². The minimum atomic E-state index is -0.234. The van der Waals surface area contributed by atoms with E-state index in [4.69, 9.17) is 0 Å². The zero-order valence-electron chi connectivity index (χ0n) is 7.66. The summed E-state index contributed by atoms with van der Waals surface area (Å²) < 4.78 is 1.79. The van der Waals surface area contributed by atoms with E-state index in [0.29, 0.717) is 5.82 Å². The van der Waals surface area contributed by atoms with E-state index in [0.717, 1.165) is 13.0 Å². The Morgan fingerprint density at radius 3 is 3.23 bits per heavy atom. The summed E-state index contributed by atoms with van der Waals surface area (Å²) in [6.45, 7) is 6.29. The van der Waals surface area contributed by atoms with Gasteiger partial charge in [0.15, 0.2) is 5.82 Å². The van der Waals surface area contributed by atoms with Gasteiger partial charge in [-0.05, 0) is 12.5 Å². The summed E-state index contributed by atoms with van der Waals surface area (Å²) in [5.74, 6) is 0.333. The third-order valence-electron chi connectivity index (χ3n) is 1.53. The molecule has 1 aromatic heterocycles. The van der Waals surface area contributed by atoms with Crippen LogP contribution in [0.4, 0.5) is 5.82 Å². The van der Waals surface area contributed by atoms with Crippen molar-refractivity contribution in [1.82, 2.24) is 9.78 Å². The molecule has 0 radical (unpaired) electrons. The second kappa shape index (κ2) is 4.45. The van der Waals surface area contributed by atoms with Crippen molar-refractivity contribution in [3.63, 3.8) is 0 Å². The molecule has 1 heterocycles. The highest BCUT2D eigenvalue weighted by Crippen LogP contribution is 2.02. The SMILES string of the molecule is C=CC(=O)Nc1ccn(CCC)n1. The van der Waals surface area contributed by atoms with Gasteiger partial charge in [0, 0.05) is 18.8 Å². The summed E-state index contributed by atoms with van der Waals surface area (Å²) in [7, 11) is 0. The molecule has 0 saturated heterocycles. The van der Waals surface area contributed by atoms with E-state index in [1.165, 1.54) is 6.08 Å². The number of anilines is 1. The van der Waals surface area contributed by atoms with Gasteiger partial charge in [0.25, 0.3) is 0 Å². The van der Waals surface area contributed by atoms with Crippen LogP contribution in [0, 0.1) is 0 Å². The number of hydrogen-bond acceptors (Lipinski definition) is 2. The maximum absolute atomic E-state index is 10.9. The van der Waals surface area contributed by atoms with Crippen molar-refractivity contribution >= 4 is 11.7 Å². The lowest BCUT2D eigenvalue weighted by atomic mass is 10.5. The number of amides is 1. The minimum Gasteiger partial charge on any atom is -0.306 e. The van der Waals surface area contributed by atoms with Gasteiger partial charge in [0.1, 0.15) is 0 Å². The number of nitrogens with one attached hydrogen (secondary N) is 1. The molecule has 1 N–H and O–H groups in total. The summed E-state index contributed by atoms with van der Waals surface area (Å²) in [6.07, 6.45) is 4.08. The number of carbonyl (C=O) groups excluding carboxylic acids is 1. The van der Waals surface area contributed by atoms with Gasteiger partial charge < -0.3 is 5.32 Å². The molecule has 0 unspecified atom stereocenters. The zero-order chi connectivity index (χ0) is 9.68. The van der Waals surface area contributed by atoms with Crippen LogP contribution in [0.5, 0.6) is 0 Å². The third-order valence-corrected chi connectivity index (χ3v) is 1.53. The van der Waals surface area contributed by atoms with Crippen LogP contribution in [-0.4, -0.2) is 15.7 Å². The molecular weight excluding hydrogens is 166 g/mol. The topological polar surface area (TPSA) is 46.9 Å². The molecule has 0 aromatic carbocycles. The van der Waals surface area contributed by atoms with Crippen molar-refractivity contribution in [2.75, 3.05) is 5.32 Å². The van der Waals surface area contributed by atoms with Crippen LogP contribution >= 0.6 is 0 Å². The molecule has 0 aliphatic rings. The standard InChI is InChI=1S/C9H13N3O/c1-3-6-12-7-5-8(11-12)10-9(13)4-2/h4-5,7H,2-3,6H2,1H3,(H,10,11,13). The molecule has 1 amide bonds. The Kier molecular flexibility index (Phi) is 3.25. The van der Waals surface area contributed by atoms with Gasteiger partial charge in [-0.25, -0.2) is 0 Å². The lowest BCUT2D eigenvalue weighted by Crippen LogP contribution is -2.08. The van der Waals surface area contributed by atoms with Crippen molar-refractivity contribution in [3.8, 4) is 0 Å². The Morgan fingerprint density at radius 2 is 2.62 bits per heavy atom. The van der Waals surface area contributed by atoms with Crippen molar-refractivity contribution in [3.05, 3.63) is 24.9 Å². The highest BCUT2D eigenvalue weighted by atomic mass is 16.1. The highest BCUT2D eigenvalue weighted by Gasteiger charge is 1.99. The van der Waals surface area contributed by atoms with E-state index in [1.807, 2.05) is 6.20 Å². The highest BCUT2D eigenvalue weighted by molar-refractivity contribution is 5.98. The normalized spacial score (nSPS) is 9.62. The van der Waals surface area contributed by atoms with E-state index in [-0.39, 0.29) is 5.91 Å². The number of nitrogens with zero attached hydrogens (tertiary/aromatic N) is 2. The van der Waals surface area contributed by atoms with Crippen LogP contribution in [0.15, 0.2) is 24.9 Å². The maximum Gasteiger partial charge on any atom is 0.248 e. The van der Waals surface area contributed by atoms with Gasteiger partial charge in [-0.3, -0.25) is 9.48 Å². The second-order valence-electron chi connectivity index (χ2n) is 2.66.